The van der Waals surface area contributed by atoms with Crippen molar-refractivity contribution in [3.63, 3.8) is 0 Å². The van der Waals surface area contributed by atoms with Gasteiger partial charge in [-0.1, -0.05) is 15.9 Å². The van der Waals surface area contributed by atoms with E-state index >= 15 is 0 Å². The normalized spacial score (nSPS) is 10.5. The first-order valence-electron chi connectivity index (χ1n) is 3.32. The summed E-state index contributed by atoms with van der Waals surface area (Å²) < 4.78 is 2.02. The number of benzene rings is 1. The van der Waals surface area contributed by atoms with E-state index in [-0.39, 0.29) is 0 Å². The summed E-state index contributed by atoms with van der Waals surface area (Å²) in [4.78, 5) is 8.08. The highest BCUT2D eigenvalue weighted by Gasteiger charge is 2.00. The molecule has 0 aliphatic rings. The van der Waals surface area contributed by atoms with Crippen LogP contribution in [0.3, 0.4) is 0 Å². The number of fused-ring (bicyclic) bond motifs is 1. The first-order valence-corrected chi connectivity index (χ1v) is 4.91. The fraction of sp³-hybridized carbons (Fsp3) is 0. The molecule has 0 bridgehead atoms. The lowest BCUT2D eigenvalue weighted by Gasteiger charge is -1.98. The zero-order valence-electron chi connectivity index (χ0n) is 5.96. The Balaban J connectivity index is 2.89. The summed E-state index contributed by atoms with van der Waals surface area (Å²) >= 11 is 6.83. The molecule has 1 heterocycles. The van der Waals surface area contributed by atoms with Crippen molar-refractivity contribution >= 4 is 42.8 Å². The van der Waals surface area contributed by atoms with Crippen molar-refractivity contribution in [2.75, 3.05) is 0 Å². The Morgan fingerprint density at radius 3 is 2.83 bits per heavy atom. The van der Waals surface area contributed by atoms with Crippen LogP contribution < -0.4 is 0 Å². The van der Waals surface area contributed by atoms with E-state index in [0.717, 1.165) is 19.8 Å². The molecule has 1 aromatic carbocycles. The highest BCUT2D eigenvalue weighted by Crippen LogP contribution is 2.25. The van der Waals surface area contributed by atoms with Gasteiger partial charge in [0.1, 0.15) is 6.33 Å². The molecule has 0 saturated heterocycles. The molecule has 0 N–H and O–H groups in total. The summed E-state index contributed by atoms with van der Waals surface area (Å²) in [7, 11) is 0. The molecule has 0 fully saturated rings. The molecule has 4 heteroatoms. The minimum atomic E-state index is 0.936. The van der Waals surface area contributed by atoms with Crippen molar-refractivity contribution in [3.05, 3.63) is 33.6 Å². The number of nitrogens with zero attached hydrogens (tertiary/aromatic N) is 2. The standard InChI is InChI=1S/C8H4Br2N2/c9-5-1-7(10)6-3-11-4-12-8(6)2-5/h1-4H. The van der Waals surface area contributed by atoms with Crippen molar-refractivity contribution < 1.29 is 0 Å². The summed E-state index contributed by atoms with van der Waals surface area (Å²) in [6.07, 6.45) is 3.33. The lowest BCUT2D eigenvalue weighted by molar-refractivity contribution is 1.22. The SMILES string of the molecule is Brc1cc(Br)c2cncnc2c1. The van der Waals surface area contributed by atoms with Crippen molar-refractivity contribution in [1.29, 1.82) is 0 Å². The maximum Gasteiger partial charge on any atom is 0.116 e. The number of rotatable bonds is 0. The maximum atomic E-state index is 4.13. The molecule has 0 amide bonds. The molecule has 0 spiro atoms. The molecule has 0 aliphatic heterocycles. The topological polar surface area (TPSA) is 25.8 Å². The van der Waals surface area contributed by atoms with Crippen molar-refractivity contribution in [3.8, 4) is 0 Å². The maximum absolute atomic E-state index is 4.13. The van der Waals surface area contributed by atoms with E-state index in [2.05, 4.69) is 41.8 Å². The Morgan fingerprint density at radius 1 is 1.17 bits per heavy atom. The number of halogens is 2. The Bertz CT molecular complexity index is 428. The van der Waals surface area contributed by atoms with Gasteiger partial charge in [-0.25, -0.2) is 9.97 Å². The highest BCUT2D eigenvalue weighted by atomic mass is 79.9. The first-order chi connectivity index (χ1) is 5.77. The van der Waals surface area contributed by atoms with Crippen LogP contribution in [-0.4, -0.2) is 9.97 Å². The molecule has 0 saturated carbocycles. The van der Waals surface area contributed by atoms with Gasteiger partial charge in [-0.3, -0.25) is 0 Å². The fourth-order valence-electron chi connectivity index (χ4n) is 1.01. The lowest BCUT2D eigenvalue weighted by Crippen LogP contribution is -1.81. The van der Waals surface area contributed by atoms with Crippen molar-refractivity contribution in [2.24, 2.45) is 0 Å². The van der Waals surface area contributed by atoms with Crippen LogP contribution in [0.15, 0.2) is 33.6 Å². The second-order valence-electron chi connectivity index (χ2n) is 2.34. The van der Waals surface area contributed by atoms with Gasteiger partial charge in [0.15, 0.2) is 0 Å². The van der Waals surface area contributed by atoms with Crippen LogP contribution in [0, 0.1) is 0 Å². The lowest BCUT2D eigenvalue weighted by atomic mass is 10.2. The van der Waals surface area contributed by atoms with Crippen molar-refractivity contribution in [1.82, 2.24) is 9.97 Å². The molecular weight excluding hydrogens is 284 g/mol. The Hall–Kier alpha value is -0.480. The minimum absolute atomic E-state index is 0.936. The van der Waals surface area contributed by atoms with E-state index in [9.17, 15) is 0 Å². The summed E-state index contributed by atoms with van der Waals surface area (Å²) in [5.74, 6) is 0. The van der Waals surface area contributed by atoms with Crippen LogP contribution >= 0.6 is 31.9 Å². The summed E-state index contributed by atoms with van der Waals surface area (Å²) in [5, 5.41) is 1.03. The molecule has 0 unspecified atom stereocenters. The molecule has 0 atom stereocenters. The zero-order chi connectivity index (χ0) is 8.55. The second-order valence-corrected chi connectivity index (χ2v) is 4.11. The van der Waals surface area contributed by atoms with Crippen LogP contribution in [0.2, 0.25) is 0 Å². The van der Waals surface area contributed by atoms with E-state index < -0.39 is 0 Å². The van der Waals surface area contributed by atoms with Gasteiger partial charge >= 0.3 is 0 Å². The molecule has 2 rings (SSSR count). The Kier molecular flexibility index (Phi) is 2.11. The molecule has 2 nitrogen and oxygen atoms in total. The predicted molar refractivity (Wildman–Crippen MR) is 54.9 cm³/mol. The van der Waals surface area contributed by atoms with Gasteiger partial charge < -0.3 is 0 Å². The van der Waals surface area contributed by atoms with Gasteiger partial charge in [0.05, 0.1) is 5.52 Å². The van der Waals surface area contributed by atoms with Crippen LogP contribution in [0.5, 0.6) is 0 Å². The van der Waals surface area contributed by atoms with Crippen LogP contribution in [0.25, 0.3) is 10.9 Å². The average molecular weight is 288 g/mol. The third-order valence-corrected chi connectivity index (χ3v) is 2.65. The van der Waals surface area contributed by atoms with Crippen LogP contribution in [0.1, 0.15) is 0 Å². The molecular formula is C8H4Br2N2. The summed E-state index contributed by atoms with van der Waals surface area (Å²) in [6, 6.07) is 3.94. The van der Waals surface area contributed by atoms with Gasteiger partial charge in [-0.2, -0.15) is 0 Å². The van der Waals surface area contributed by atoms with Gasteiger partial charge in [-0.05, 0) is 28.1 Å². The highest BCUT2D eigenvalue weighted by molar-refractivity contribution is 9.11. The summed E-state index contributed by atoms with van der Waals surface area (Å²) in [6.45, 7) is 0. The first kappa shape index (κ1) is 8.13. The number of hydrogen-bond acceptors (Lipinski definition) is 2. The minimum Gasteiger partial charge on any atom is -0.244 e. The van der Waals surface area contributed by atoms with E-state index in [1.54, 1.807) is 12.5 Å². The smallest absolute Gasteiger partial charge is 0.116 e. The Morgan fingerprint density at radius 2 is 2.00 bits per heavy atom. The monoisotopic (exact) mass is 286 g/mol. The number of hydrogen-bond donors (Lipinski definition) is 0. The van der Waals surface area contributed by atoms with Gasteiger partial charge in [0, 0.05) is 20.5 Å². The van der Waals surface area contributed by atoms with E-state index in [0.29, 0.717) is 0 Å². The summed E-state index contributed by atoms with van der Waals surface area (Å²) in [5.41, 5.74) is 0.936. The molecule has 0 aliphatic carbocycles. The molecule has 60 valence electrons. The molecule has 0 radical (unpaired) electrons. The van der Waals surface area contributed by atoms with Crippen LogP contribution in [-0.2, 0) is 0 Å². The van der Waals surface area contributed by atoms with Crippen LogP contribution in [0.4, 0.5) is 0 Å². The quantitative estimate of drug-likeness (QED) is 0.744. The molecule has 2 aromatic rings. The van der Waals surface area contributed by atoms with Gasteiger partial charge in [0.2, 0.25) is 0 Å². The predicted octanol–water partition coefficient (Wildman–Crippen LogP) is 3.15. The molecule has 1 aromatic heterocycles. The van der Waals surface area contributed by atoms with Crippen molar-refractivity contribution in [2.45, 2.75) is 0 Å². The third kappa shape index (κ3) is 1.36. The van der Waals surface area contributed by atoms with E-state index in [1.165, 1.54) is 0 Å². The van der Waals surface area contributed by atoms with Gasteiger partial charge in [0.25, 0.3) is 0 Å². The largest absolute Gasteiger partial charge is 0.244 e. The fourth-order valence-corrected chi connectivity index (χ4v) is 2.31. The molecule has 12 heavy (non-hydrogen) atoms. The average Bonchev–Trinajstić information content (AvgIpc) is 2.04. The van der Waals surface area contributed by atoms with E-state index in [1.807, 2.05) is 12.1 Å². The Labute approximate surface area is 86.3 Å². The van der Waals surface area contributed by atoms with E-state index in [4.69, 9.17) is 0 Å². The van der Waals surface area contributed by atoms with Gasteiger partial charge in [-0.15, -0.1) is 0 Å². The zero-order valence-corrected chi connectivity index (χ0v) is 9.13. The second kappa shape index (κ2) is 3.11. The third-order valence-electron chi connectivity index (χ3n) is 1.54. The number of aromatic nitrogens is 2.